The molecule has 0 bridgehead atoms. The smallest absolute Gasteiger partial charge is 0.303 e. The summed E-state index contributed by atoms with van der Waals surface area (Å²) in [5, 5.41) is 8.39. The van der Waals surface area contributed by atoms with Crippen LogP contribution in [0.3, 0.4) is 0 Å². The number of nitrogens with one attached hydrogen (secondary N) is 1. The van der Waals surface area contributed by atoms with Crippen molar-refractivity contribution in [2.45, 2.75) is 18.9 Å². The van der Waals surface area contributed by atoms with Gasteiger partial charge in [-0.05, 0) is 18.6 Å². The molecule has 4 heteroatoms. The Morgan fingerprint density at radius 3 is 3.00 bits per heavy atom. The van der Waals surface area contributed by atoms with E-state index in [1.165, 1.54) is 0 Å². The maximum atomic E-state index is 10.2. The summed E-state index contributed by atoms with van der Waals surface area (Å²) in [6.45, 7) is 0. The van der Waals surface area contributed by atoms with Crippen LogP contribution in [0, 0.1) is 0 Å². The lowest BCUT2D eigenvalue weighted by atomic mass is 10.1. The van der Waals surface area contributed by atoms with Gasteiger partial charge in [0.1, 0.15) is 0 Å². The van der Waals surface area contributed by atoms with Crippen molar-refractivity contribution in [3.63, 3.8) is 0 Å². The van der Waals surface area contributed by atoms with Gasteiger partial charge >= 0.3 is 5.97 Å². The first-order valence-electron chi connectivity index (χ1n) is 3.81. The summed E-state index contributed by atoms with van der Waals surface area (Å²) in [6.07, 6.45) is 2.35. The van der Waals surface area contributed by atoms with Crippen molar-refractivity contribution in [2.24, 2.45) is 5.73 Å². The number of carbonyl (C=O) groups is 1. The zero-order valence-electron chi connectivity index (χ0n) is 6.66. The van der Waals surface area contributed by atoms with E-state index in [9.17, 15) is 4.79 Å². The Morgan fingerprint density at radius 1 is 1.75 bits per heavy atom. The highest BCUT2D eigenvalue weighted by Crippen LogP contribution is 2.12. The molecule has 0 aliphatic rings. The summed E-state index contributed by atoms with van der Waals surface area (Å²) in [6, 6.07) is 3.50. The standard InChI is InChI=1S/C8H12N2O2/c9-6(3-4-8(11)12)7-2-1-5-10-7/h1-2,5-6,10H,3-4,9H2,(H,11,12). The fourth-order valence-electron chi connectivity index (χ4n) is 1.01. The van der Waals surface area contributed by atoms with Gasteiger partial charge in [-0.15, -0.1) is 0 Å². The highest BCUT2D eigenvalue weighted by atomic mass is 16.4. The van der Waals surface area contributed by atoms with Crippen LogP contribution in [0.4, 0.5) is 0 Å². The van der Waals surface area contributed by atoms with Gasteiger partial charge in [0, 0.05) is 24.4 Å². The van der Waals surface area contributed by atoms with Crippen LogP contribution in [0.25, 0.3) is 0 Å². The molecule has 4 N–H and O–H groups in total. The zero-order chi connectivity index (χ0) is 8.97. The number of hydrogen-bond donors (Lipinski definition) is 3. The third-order valence-electron chi connectivity index (χ3n) is 1.69. The Hall–Kier alpha value is -1.29. The fraction of sp³-hybridized carbons (Fsp3) is 0.375. The van der Waals surface area contributed by atoms with Crippen LogP contribution < -0.4 is 5.73 Å². The zero-order valence-corrected chi connectivity index (χ0v) is 6.66. The van der Waals surface area contributed by atoms with Crippen molar-refractivity contribution < 1.29 is 9.90 Å². The van der Waals surface area contributed by atoms with Gasteiger partial charge < -0.3 is 15.8 Å². The van der Waals surface area contributed by atoms with Crippen molar-refractivity contribution in [3.8, 4) is 0 Å². The van der Waals surface area contributed by atoms with E-state index in [1.54, 1.807) is 6.20 Å². The van der Waals surface area contributed by atoms with Gasteiger partial charge in [0.05, 0.1) is 0 Å². The van der Waals surface area contributed by atoms with E-state index < -0.39 is 5.97 Å². The molecule has 0 aromatic carbocycles. The number of rotatable bonds is 4. The van der Waals surface area contributed by atoms with Crippen LogP contribution in [0.15, 0.2) is 18.3 Å². The van der Waals surface area contributed by atoms with Crippen LogP contribution in [0.1, 0.15) is 24.6 Å². The van der Waals surface area contributed by atoms with E-state index in [1.807, 2.05) is 12.1 Å². The molecule has 1 unspecified atom stereocenters. The minimum absolute atomic E-state index is 0.111. The van der Waals surface area contributed by atoms with Crippen LogP contribution in [-0.4, -0.2) is 16.1 Å². The molecule has 0 saturated carbocycles. The molecule has 0 saturated heterocycles. The largest absolute Gasteiger partial charge is 0.481 e. The second-order valence-corrected chi connectivity index (χ2v) is 2.66. The fourth-order valence-corrected chi connectivity index (χ4v) is 1.01. The molecule has 0 radical (unpaired) electrons. The molecule has 0 aliphatic heterocycles. The normalized spacial score (nSPS) is 12.8. The molecule has 12 heavy (non-hydrogen) atoms. The maximum absolute atomic E-state index is 10.2. The number of nitrogens with two attached hydrogens (primary N) is 1. The molecule has 1 atom stereocenters. The molecule has 0 amide bonds. The minimum atomic E-state index is -0.808. The predicted molar refractivity (Wildman–Crippen MR) is 44.6 cm³/mol. The lowest BCUT2D eigenvalue weighted by Gasteiger charge is -2.06. The van der Waals surface area contributed by atoms with Crippen molar-refractivity contribution in [3.05, 3.63) is 24.0 Å². The molecular weight excluding hydrogens is 156 g/mol. The maximum Gasteiger partial charge on any atom is 0.303 e. The number of aliphatic carboxylic acids is 1. The first kappa shape index (κ1) is 8.80. The Balaban J connectivity index is 2.39. The number of aromatic nitrogens is 1. The van der Waals surface area contributed by atoms with Crippen LogP contribution in [0.5, 0.6) is 0 Å². The lowest BCUT2D eigenvalue weighted by molar-refractivity contribution is -0.137. The summed E-state index contributed by atoms with van der Waals surface area (Å²) in [5.74, 6) is -0.808. The Labute approximate surface area is 70.4 Å². The Bertz CT molecular complexity index is 244. The number of carboxylic acid groups (broad SMARTS) is 1. The van der Waals surface area contributed by atoms with Gasteiger partial charge in [-0.25, -0.2) is 0 Å². The number of hydrogen-bond acceptors (Lipinski definition) is 2. The van der Waals surface area contributed by atoms with Gasteiger partial charge in [-0.3, -0.25) is 4.79 Å². The van der Waals surface area contributed by atoms with Crippen molar-refractivity contribution in [1.29, 1.82) is 0 Å². The van der Waals surface area contributed by atoms with Gasteiger partial charge in [0.15, 0.2) is 0 Å². The van der Waals surface area contributed by atoms with Crippen LogP contribution in [-0.2, 0) is 4.79 Å². The van der Waals surface area contributed by atoms with Gasteiger partial charge in [-0.2, -0.15) is 0 Å². The van der Waals surface area contributed by atoms with Gasteiger partial charge in [0.25, 0.3) is 0 Å². The molecule has 1 aromatic heterocycles. The lowest BCUT2D eigenvalue weighted by Crippen LogP contribution is -2.12. The topological polar surface area (TPSA) is 79.1 Å². The van der Waals surface area contributed by atoms with Crippen LogP contribution >= 0.6 is 0 Å². The molecule has 0 spiro atoms. The van der Waals surface area contributed by atoms with Gasteiger partial charge in [-0.1, -0.05) is 0 Å². The predicted octanol–water partition coefficient (Wildman–Crippen LogP) is 0.879. The molecule has 1 rings (SSSR count). The Kier molecular flexibility index (Phi) is 2.88. The SMILES string of the molecule is NC(CCC(=O)O)c1ccc[nH]1. The first-order chi connectivity index (χ1) is 5.70. The van der Waals surface area contributed by atoms with Gasteiger partial charge in [0.2, 0.25) is 0 Å². The number of carboxylic acids is 1. The Morgan fingerprint density at radius 2 is 2.50 bits per heavy atom. The van der Waals surface area contributed by atoms with Crippen molar-refractivity contribution in [2.75, 3.05) is 0 Å². The van der Waals surface area contributed by atoms with Crippen molar-refractivity contribution in [1.82, 2.24) is 4.98 Å². The molecule has 0 fully saturated rings. The third-order valence-corrected chi connectivity index (χ3v) is 1.69. The quantitative estimate of drug-likeness (QED) is 0.624. The second-order valence-electron chi connectivity index (χ2n) is 2.66. The summed E-state index contributed by atoms with van der Waals surface area (Å²) >= 11 is 0. The second kappa shape index (κ2) is 3.92. The van der Waals surface area contributed by atoms with E-state index >= 15 is 0 Å². The van der Waals surface area contributed by atoms with E-state index in [-0.39, 0.29) is 12.5 Å². The molecule has 66 valence electrons. The summed E-state index contributed by atoms with van der Waals surface area (Å²) in [5.41, 5.74) is 6.58. The number of H-pyrrole nitrogens is 1. The average Bonchev–Trinajstić information content (AvgIpc) is 2.51. The van der Waals surface area contributed by atoms with E-state index in [4.69, 9.17) is 10.8 Å². The van der Waals surface area contributed by atoms with E-state index in [2.05, 4.69) is 4.98 Å². The molecule has 1 aromatic rings. The minimum Gasteiger partial charge on any atom is -0.481 e. The van der Waals surface area contributed by atoms with E-state index in [0.717, 1.165) is 5.69 Å². The average molecular weight is 168 g/mol. The first-order valence-corrected chi connectivity index (χ1v) is 3.81. The van der Waals surface area contributed by atoms with E-state index in [0.29, 0.717) is 6.42 Å². The van der Waals surface area contributed by atoms with Crippen LogP contribution in [0.2, 0.25) is 0 Å². The number of aromatic amines is 1. The third kappa shape index (κ3) is 2.39. The molecular formula is C8H12N2O2. The summed E-state index contributed by atoms with van der Waals surface area (Å²) in [4.78, 5) is 13.2. The summed E-state index contributed by atoms with van der Waals surface area (Å²) in [7, 11) is 0. The van der Waals surface area contributed by atoms with Crippen molar-refractivity contribution >= 4 is 5.97 Å². The monoisotopic (exact) mass is 168 g/mol. The molecule has 0 aliphatic carbocycles. The highest BCUT2D eigenvalue weighted by Gasteiger charge is 2.07. The molecule has 1 heterocycles. The highest BCUT2D eigenvalue weighted by molar-refractivity contribution is 5.66. The summed E-state index contributed by atoms with van der Waals surface area (Å²) < 4.78 is 0. The molecule has 4 nitrogen and oxygen atoms in total.